The minimum Gasteiger partial charge on any atom is -0.406 e. The van der Waals surface area contributed by atoms with E-state index >= 15 is 0 Å². The van der Waals surface area contributed by atoms with E-state index in [2.05, 4.69) is 39.3 Å². The third-order valence-electron chi connectivity index (χ3n) is 3.73. The molecule has 0 spiro atoms. The molecule has 0 radical (unpaired) electrons. The number of halogens is 3. The van der Waals surface area contributed by atoms with Crippen LogP contribution in [0.2, 0.25) is 0 Å². The first kappa shape index (κ1) is 21.2. The number of aryl methyl sites for hydroxylation is 1. The number of amides is 1. The SMILES string of the molecule is Cc1ccc(CSc2nc(CC(=O)Nc3ccc(OC(F)(F)F)cc3)cs2)cc1. The van der Waals surface area contributed by atoms with Crippen molar-refractivity contribution in [1.29, 1.82) is 0 Å². The summed E-state index contributed by atoms with van der Waals surface area (Å²) in [5.74, 6) is 0.159. The van der Waals surface area contributed by atoms with Crippen LogP contribution in [0.15, 0.2) is 58.3 Å². The summed E-state index contributed by atoms with van der Waals surface area (Å²) in [6.07, 6.45) is -4.66. The second-order valence-electron chi connectivity index (χ2n) is 6.18. The number of thiazole rings is 1. The molecule has 9 heteroatoms. The van der Waals surface area contributed by atoms with Gasteiger partial charge in [-0.25, -0.2) is 4.98 Å². The summed E-state index contributed by atoms with van der Waals surface area (Å²) in [6, 6.07) is 13.3. The van der Waals surface area contributed by atoms with Crippen LogP contribution in [0.25, 0.3) is 0 Å². The van der Waals surface area contributed by atoms with E-state index in [-0.39, 0.29) is 18.1 Å². The van der Waals surface area contributed by atoms with Crippen LogP contribution in [0.4, 0.5) is 18.9 Å². The number of carbonyl (C=O) groups is 1. The van der Waals surface area contributed by atoms with Crippen LogP contribution >= 0.6 is 23.1 Å². The molecule has 0 saturated carbocycles. The number of hydrogen-bond donors (Lipinski definition) is 1. The molecule has 0 aliphatic carbocycles. The zero-order valence-electron chi connectivity index (χ0n) is 15.3. The molecule has 29 heavy (non-hydrogen) atoms. The van der Waals surface area contributed by atoms with Crippen LogP contribution in [0.5, 0.6) is 5.75 Å². The van der Waals surface area contributed by atoms with Crippen LogP contribution in [-0.4, -0.2) is 17.3 Å². The predicted octanol–water partition coefficient (Wildman–Crippen LogP) is 5.82. The van der Waals surface area contributed by atoms with E-state index in [4.69, 9.17) is 0 Å². The second kappa shape index (κ2) is 9.32. The van der Waals surface area contributed by atoms with Crippen LogP contribution in [0.1, 0.15) is 16.8 Å². The summed E-state index contributed by atoms with van der Waals surface area (Å²) in [6.45, 7) is 2.04. The highest BCUT2D eigenvalue weighted by molar-refractivity contribution is 8.00. The molecular formula is C20H17F3N2O2S2. The lowest BCUT2D eigenvalue weighted by molar-refractivity contribution is -0.274. The van der Waals surface area contributed by atoms with Gasteiger partial charge in [0.25, 0.3) is 0 Å². The van der Waals surface area contributed by atoms with Gasteiger partial charge in [0.2, 0.25) is 5.91 Å². The predicted molar refractivity (Wildman–Crippen MR) is 108 cm³/mol. The van der Waals surface area contributed by atoms with Crippen LogP contribution < -0.4 is 10.1 Å². The Morgan fingerprint density at radius 1 is 1.14 bits per heavy atom. The van der Waals surface area contributed by atoms with Crippen molar-refractivity contribution in [2.24, 2.45) is 0 Å². The summed E-state index contributed by atoms with van der Waals surface area (Å²) in [4.78, 5) is 16.6. The largest absolute Gasteiger partial charge is 0.573 e. The third kappa shape index (κ3) is 7.10. The molecule has 2 aromatic carbocycles. The van der Waals surface area contributed by atoms with E-state index in [1.807, 2.05) is 12.3 Å². The normalized spacial score (nSPS) is 11.3. The molecule has 4 nitrogen and oxygen atoms in total. The van der Waals surface area contributed by atoms with Crippen molar-refractivity contribution in [1.82, 2.24) is 4.98 Å². The first-order valence-electron chi connectivity index (χ1n) is 8.55. The lowest BCUT2D eigenvalue weighted by Crippen LogP contribution is -2.17. The molecular weight excluding hydrogens is 421 g/mol. The maximum Gasteiger partial charge on any atom is 0.573 e. The molecule has 0 aliphatic heterocycles. The molecule has 0 unspecified atom stereocenters. The summed E-state index contributed by atoms with van der Waals surface area (Å²) in [5.41, 5.74) is 3.45. The van der Waals surface area contributed by atoms with Gasteiger partial charge in [-0.3, -0.25) is 4.79 Å². The van der Waals surface area contributed by atoms with Gasteiger partial charge in [-0.05, 0) is 36.8 Å². The van der Waals surface area contributed by atoms with Crippen molar-refractivity contribution in [3.63, 3.8) is 0 Å². The fraction of sp³-hybridized carbons (Fsp3) is 0.200. The minimum absolute atomic E-state index is 0.0857. The number of aromatic nitrogens is 1. The highest BCUT2D eigenvalue weighted by Crippen LogP contribution is 2.27. The number of hydrogen-bond acceptors (Lipinski definition) is 5. The summed E-state index contributed by atoms with van der Waals surface area (Å²) >= 11 is 3.08. The molecule has 0 aliphatic rings. The average Bonchev–Trinajstić information content (AvgIpc) is 3.09. The highest BCUT2D eigenvalue weighted by atomic mass is 32.2. The Bertz CT molecular complexity index is 955. The number of anilines is 1. The van der Waals surface area contributed by atoms with Crippen molar-refractivity contribution < 1.29 is 22.7 Å². The van der Waals surface area contributed by atoms with E-state index in [1.54, 1.807) is 11.8 Å². The first-order chi connectivity index (χ1) is 13.8. The van der Waals surface area contributed by atoms with Gasteiger partial charge in [0.1, 0.15) is 10.1 Å². The van der Waals surface area contributed by atoms with E-state index in [1.165, 1.54) is 34.6 Å². The minimum atomic E-state index is -4.75. The molecule has 1 aromatic heterocycles. The van der Waals surface area contributed by atoms with Gasteiger partial charge in [-0.15, -0.1) is 24.5 Å². The van der Waals surface area contributed by atoms with Crippen molar-refractivity contribution in [2.45, 2.75) is 29.8 Å². The van der Waals surface area contributed by atoms with E-state index in [9.17, 15) is 18.0 Å². The fourth-order valence-electron chi connectivity index (χ4n) is 2.37. The smallest absolute Gasteiger partial charge is 0.406 e. The molecule has 1 amide bonds. The summed E-state index contributed by atoms with van der Waals surface area (Å²) in [5, 5.41) is 4.47. The van der Waals surface area contributed by atoms with Crippen LogP contribution in [0.3, 0.4) is 0 Å². The molecule has 0 fully saturated rings. The van der Waals surface area contributed by atoms with Crippen molar-refractivity contribution in [2.75, 3.05) is 5.32 Å². The lowest BCUT2D eigenvalue weighted by Gasteiger charge is -2.09. The van der Waals surface area contributed by atoms with Gasteiger partial charge >= 0.3 is 6.36 Å². The first-order valence-corrected chi connectivity index (χ1v) is 10.4. The molecule has 1 heterocycles. The average molecular weight is 438 g/mol. The van der Waals surface area contributed by atoms with Gasteiger partial charge in [-0.2, -0.15) is 0 Å². The van der Waals surface area contributed by atoms with Gasteiger partial charge in [-0.1, -0.05) is 41.6 Å². The Morgan fingerprint density at radius 3 is 2.48 bits per heavy atom. The molecule has 152 valence electrons. The Morgan fingerprint density at radius 2 is 1.83 bits per heavy atom. The molecule has 0 bridgehead atoms. The molecule has 1 N–H and O–H groups in total. The Kier molecular flexibility index (Phi) is 6.81. The Hall–Kier alpha value is -2.52. The number of rotatable bonds is 7. The second-order valence-corrected chi connectivity index (χ2v) is 8.26. The van der Waals surface area contributed by atoms with Crippen molar-refractivity contribution >= 4 is 34.7 Å². The summed E-state index contributed by atoms with van der Waals surface area (Å²) < 4.78 is 41.2. The number of benzene rings is 2. The fourth-order valence-corrected chi connectivity index (χ4v) is 4.18. The zero-order valence-corrected chi connectivity index (χ0v) is 17.0. The quantitative estimate of drug-likeness (QED) is 0.472. The van der Waals surface area contributed by atoms with Crippen molar-refractivity contribution in [3.8, 4) is 5.75 Å². The molecule has 3 aromatic rings. The maximum absolute atomic E-state index is 12.2. The van der Waals surface area contributed by atoms with Gasteiger partial charge < -0.3 is 10.1 Å². The number of ether oxygens (including phenoxy) is 1. The Labute approximate surface area is 174 Å². The highest BCUT2D eigenvalue weighted by Gasteiger charge is 2.30. The number of alkyl halides is 3. The van der Waals surface area contributed by atoms with Gasteiger partial charge in [0.05, 0.1) is 12.1 Å². The summed E-state index contributed by atoms with van der Waals surface area (Å²) in [7, 11) is 0. The third-order valence-corrected chi connectivity index (χ3v) is 5.87. The van der Waals surface area contributed by atoms with Gasteiger partial charge in [0, 0.05) is 16.8 Å². The van der Waals surface area contributed by atoms with Gasteiger partial charge in [0.15, 0.2) is 0 Å². The number of thioether (sulfide) groups is 1. The number of carbonyl (C=O) groups excluding carboxylic acids is 1. The van der Waals surface area contributed by atoms with E-state index in [0.717, 1.165) is 22.2 Å². The van der Waals surface area contributed by atoms with E-state index < -0.39 is 6.36 Å². The maximum atomic E-state index is 12.2. The molecule has 3 rings (SSSR count). The Balaban J connectivity index is 1.49. The van der Waals surface area contributed by atoms with E-state index in [0.29, 0.717) is 11.4 Å². The monoisotopic (exact) mass is 438 g/mol. The lowest BCUT2D eigenvalue weighted by atomic mass is 10.2. The number of nitrogens with zero attached hydrogens (tertiary/aromatic N) is 1. The topological polar surface area (TPSA) is 51.2 Å². The van der Waals surface area contributed by atoms with Crippen LogP contribution in [-0.2, 0) is 17.0 Å². The van der Waals surface area contributed by atoms with Crippen molar-refractivity contribution in [3.05, 3.63) is 70.7 Å². The number of nitrogens with one attached hydrogen (secondary N) is 1. The molecule has 0 saturated heterocycles. The zero-order chi connectivity index (χ0) is 20.9. The molecule has 0 atom stereocenters. The standard InChI is InChI=1S/C20H17F3N2O2S2/c1-13-2-4-14(5-3-13)11-28-19-25-16(12-29-19)10-18(26)24-15-6-8-17(9-7-15)27-20(21,22)23/h2-9,12H,10-11H2,1H3,(H,24,26). The van der Waals surface area contributed by atoms with Crippen LogP contribution in [0, 0.1) is 6.92 Å².